The Morgan fingerprint density at radius 2 is 1.96 bits per heavy atom. The number of aromatic nitrogens is 7. The quantitative estimate of drug-likeness (QED) is 0.515. The number of fused-ring (bicyclic) bond motifs is 2. The molecule has 5 heterocycles. The molecule has 132 valence electrons. The van der Waals surface area contributed by atoms with Crippen LogP contribution in [-0.4, -0.2) is 41.5 Å². The zero-order valence-electron chi connectivity index (χ0n) is 14.8. The third kappa shape index (κ3) is 2.42. The minimum atomic E-state index is 0.551. The summed E-state index contributed by atoms with van der Waals surface area (Å²) in [6.07, 6.45) is 5.37. The molecule has 0 aliphatic rings. The molecule has 8 nitrogen and oxygen atoms in total. The van der Waals surface area contributed by atoms with Crippen LogP contribution in [-0.2, 0) is 0 Å². The van der Waals surface area contributed by atoms with Gasteiger partial charge in [-0.2, -0.15) is 0 Å². The molecule has 0 saturated carbocycles. The van der Waals surface area contributed by atoms with Gasteiger partial charge in [0.05, 0.1) is 11.8 Å². The SMILES string of the molecule is CNc1nccc2c1ccn2-c1nc(-c2cccc(C)n2)nc2[nH]cnc12. The van der Waals surface area contributed by atoms with Gasteiger partial charge in [0.15, 0.2) is 22.8 Å². The van der Waals surface area contributed by atoms with Gasteiger partial charge in [-0.25, -0.2) is 24.9 Å². The number of nitrogens with zero attached hydrogens (tertiary/aromatic N) is 6. The molecule has 0 fully saturated rings. The van der Waals surface area contributed by atoms with Gasteiger partial charge >= 0.3 is 0 Å². The number of H-pyrrole nitrogens is 1. The number of hydrogen-bond acceptors (Lipinski definition) is 6. The third-order valence-electron chi connectivity index (χ3n) is 4.46. The van der Waals surface area contributed by atoms with Crippen molar-refractivity contribution in [3.63, 3.8) is 0 Å². The van der Waals surface area contributed by atoms with Crippen LogP contribution in [0.2, 0.25) is 0 Å². The van der Waals surface area contributed by atoms with Gasteiger partial charge in [0, 0.05) is 30.5 Å². The number of imidazole rings is 1. The minimum absolute atomic E-state index is 0.551. The second kappa shape index (κ2) is 5.87. The van der Waals surface area contributed by atoms with E-state index in [9.17, 15) is 0 Å². The molecule has 0 spiro atoms. The number of pyridine rings is 2. The van der Waals surface area contributed by atoms with Crippen molar-refractivity contribution in [2.45, 2.75) is 6.92 Å². The molecular weight excluding hydrogens is 340 g/mol. The fourth-order valence-corrected chi connectivity index (χ4v) is 3.22. The molecule has 0 saturated heterocycles. The van der Waals surface area contributed by atoms with E-state index in [1.165, 1.54) is 0 Å². The highest BCUT2D eigenvalue weighted by molar-refractivity contribution is 5.93. The second-order valence-corrected chi connectivity index (χ2v) is 6.16. The van der Waals surface area contributed by atoms with E-state index in [1.54, 1.807) is 12.5 Å². The van der Waals surface area contributed by atoms with Crippen LogP contribution in [0.25, 0.3) is 39.4 Å². The van der Waals surface area contributed by atoms with Crippen molar-refractivity contribution in [1.29, 1.82) is 0 Å². The Bertz CT molecular complexity index is 1280. The summed E-state index contributed by atoms with van der Waals surface area (Å²) in [6, 6.07) is 9.78. The van der Waals surface area contributed by atoms with Gasteiger partial charge in [-0.05, 0) is 31.2 Å². The lowest BCUT2D eigenvalue weighted by Crippen LogP contribution is -2.03. The van der Waals surface area contributed by atoms with Crippen molar-refractivity contribution >= 4 is 27.9 Å². The van der Waals surface area contributed by atoms with Crippen molar-refractivity contribution in [2.24, 2.45) is 0 Å². The van der Waals surface area contributed by atoms with E-state index >= 15 is 0 Å². The summed E-state index contributed by atoms with van der Waals surface area (Å²) in [5.74, 6) is 2.07. The van der Waals surface area contributed by atoms with Gasteiger partial charge in [0.1, 0.15) is 11.5 Å². The van der Waals surface area contributed by atoms with Crippen LogP contribution in [0.3, 0.4) is 0 Å². The summed E-state index contributed by atoms with van der Waals surface area (Å²) in [4.78, 5) is 25.8. The predicted octanol–water partition coefficient (Wildman–Crippen LogP) is 3.10. The minimum Gasteiger partial charge on any atom is -0.373 e. The maximum absolute atomic E-state index is 4.80. The number of rotatable bonds is 3. The van der Waals surface area contributed by atoms with E-state index in [-0.39, 0.29) is 0 Å². The highest BCUT2D eigenvalue weighted by Gasteiger charge is 2.16. The monoisotopic (exact) mass is 356 g/mol. The molecule has 8 heteroatoms. The molecule has 5 aromatic rings. The van der Waals surface area contributed by atoms with E-state index in [4.69, 9.17) is 4.98 Å². The van der Waals surface area contributed by atoms with Gasteiger partial charge < -0.3 is 10.3 Å². The van der Waals surface area contributed by atoms with Gasteiger partial charge in [0.2, 0.25) is 0 Å². The van der Waals surface area contributed by atoms with Crippen LogP contribution in [0.4, 0.5) is 5.82 Å². The van der Waals surface area contributed by atoms with Crippen LogP contribution < -0.4 is 5.32 Å². The molecule has 5 rings (SSSR count). The molecule has 0 aliphatic carbocycles. The first-order valence-corrected chi connectivity index (χ1v) is 8.54. The maximum Gasteiger partial charge on any atom is 0.182 e. The Hall–Kier alpha value is -3.81. The summed E-state index contributed by atoms with van der Waals surface area (Å²) in [7, 11) is 1.86. The summed E-state index contributed by atoms with van der Waals surface area (Å²) < 4.78 is 2.00. The lowest BCUT2D eigenvalue weighted by Gasteiger charge is -2.09. The Morgan fingerprint density at radius 3 is 2.81 bits per heavy atom. The summed E-state index contributed by atoms with van der Waals surface area (Å²) in [5, 5.41) is 4.13. The molecule has 0 unspecified atom stereocenters. The van der Waals surface area contributed by atoms with Gasteiger partial charge in [-0.1, -0.05) is 6.07 Å². The summed E-state index contributed by atoms with van der Waals surface area (Å²) in [6.45, 7) is 1.95. The molecule has 5 aromatic heterocycles. The molecule has 27 heavy (non-hydrogen) atoms. The first-order chi connectivity index (χ1) is 13.2. The first kappa shape index (κ1) is 15.4. The maximum atomic E-state index is 4.80. The zero-order chi connectivity index (χ0) is 18.4. The van der Waals surface area contributed by atoms with Crippen LogP contribution in [0.15, 0.2) is 49.1 Å². The number of aryl methyl sites for hydroxylation is 1. The molecule has 2 N–H and O–H groups in total. The highest BCUT2D eigenvalue weighted by Crippen LogP contribution is 2.28. The lowest BCUT2D eigenvalue weighted by atomic mass is 10.3. The standard InChI is InChI=1S/C19H16N8/c1-11-4-3-5-13(24-11)17-25-18-15(22-10-23-18)19(26-17)27-9-7-12-14(27)6-8-21-16(12)20-2/h3-10H,1-2H3,(H,20,21)(H,22,23,25,26). The topological polar surface area (TPSA) is 97.2 Å². The average Bonchev–Trinajstić information content (AvgIpc) is 3.33. The number of aromatic amines is 1. The molecule has 0 bridgehead atoms. The van der Waals surface area contributed by atoms with Crippen molar-refractivity contribution in [2.75, 3.05) is 12.4 Å². The molecule has 0 atom stereocenters. The van der Waals surface area contributed by atoms with Crippen LogP contribution >= 0.6 is 0 Å². The van der Waals surface area contributed by atoms with E-state index < -0.39 is 0 Å². The van der Waals surface area contributed by atoms with E-state index in [2.05, 4.69) is 30.2 Å². The third-order valence-corrected chi connectivity index (χ3v) is 4.46. The van der Waals surface area contributed by atoms with Crippen molar-refractivity contribution < 1.29 is 0 Å². The smallest absolute Gasteiger partial charge is 0.182 e. The Labute approximate surface area is 154 Å². The molecule has 0 amide bonds. The van der Waals surface area contributed by atoms with Crippen molar-refractivity contribution in [3.8, 4) is 17.3 Å². The zero-order valence-corrected chi connectivity index (χ0v) is 14.8. The van der Waals surface area contributed by atoms with Gasteiger partial charge in [0.25, 0.3) is 0 Å². The van der Waals surface area contributed by atoms with Crippen molar-refractivity contribution in [3.05, 3.63) is 54.7 Å². The number of nitrogens with one attached hydrogen (secondary N) is 2. The summed E-state index contributed by atoms with van der Waals surface area (Å²) >= 11 is 0. The molecule has 0 radical (unpaired) electrons. The molecule has 0 aliphatic heterocycles. The number of anilines is 1. The molecular formula is C19H16N8. The molecule has 0 aromatic carbocycles. The normalized spacial score (nSPS) is 11.3. The number of hydrogen-bond donors (Lipinski definition) is 2. The summed E-state index contributed by atoms with van der Waals surface area (Å²) in [5.41, 5.74) is 4.00. The van der Waals surface area contributed by atoms with Crippen LogP contribution in [0.5, 0.6) is 0 Å². The van der Waals surface area contributed by atoms with E-state index in [0.717, 1.165) is 28.1 Å². The van der Waals surface area contributed by atoms with E-state index in [1.807, 2.05) is 55.1 Å². The first-order valence-electron chi connectivity index (χ1n) is 8.54. The Balaban J connectivity index is 1.80. The largest absolute Gasteiger partial charge is 0.373 e. The average molecular weight is 356 g/mol. The fraction of sp³-hybridized carbons (Fsp3) is 0.105. The van der Waals surface area contributed by atoms with Gasteiger partial charge in [-0.15, -0.1) is 0 Å². The predicted molar refractivity (Wildman–Crippen MR) is 104 cm³/mol. The van der Waals surface area contributed by atoms with Crippen LogP contribution in [0, 0.1) is 6.92 Å². The van der Waals surface area contributed by atoms with Crippen LogP contribution in [0.1, 0.15) is 5.69 Å². The van der Waals surface area contributed by atoms with Gasteiger partial charge in [-0.3, -0.25) is 4.57 Å². The Morgan fingerprint density at radius 1 is 1.04 bits per heavy atom. The highest BCUT2D eigenvalue weighted by atomic mass is 15.1. The van der Waals surface area contributed by atoms with E-state index in [0.29, 0.717) is 22.8 Å². The lowest BCUT2D eigenvalue weighted by molar-refractivity contribution is 1.02. The van der Waals surface area contributed by atoms with Crippen molar-refractivity contribution in [1.82, 2.24) is 34.5 Å². The Kier molecular flexibility index (Phi) is 3.36. The second-order valence-electron chi connectivity index (χ2n) is 6.16. The fourth-order valence-electron chi connectivity index (χ4n) is 3.22.